The van der Waals surface area contributed by atoms with Gasteiger partial charge in [-0.1, -0.05) is 0 Å². The van der Waals surface area contributed by atoms with Crippen LogP contribution in [0, 0.1) is 0 Å². The maximum absolute atomic E-state index is 12.4. The average Bonchev–Trinajstić information content (AvgIpc) is 2.25. The molecule has 21 heavy (non-hydrogen) atoms. The van der Waals surface area contributed by atoms with E-state index in [1.165, 1.54) is 0 Å². The largest absolute Gasteiger partial charge is 0.516 e. The van der Waals surface area contributed by atoms with Gasteiger partial charge >= 0.3 is 27.7 Å². The van der Waals surface area contributed by atoms with Crippen LogP contribution in [-0.2, 0) is 16.2 Å². The van der Waals surface area contributed by atoms with Crippen LogP contribution in [0.15, 0.2) is 18.2 Å². The van der Waals surface area contributed by atoms with Crippen molar-refractivity contribution in [2.75, 3.05) is 4.72 Å². The zero-order valence-electron chi connectivity index (χ0n) is 9.58. The van der Waals surface area contributed by atoms with Crippen molar-refractivity contribution >= 4 is 21.7 Å². The van der Waals surface area contributed by atoms with Crippen molar-refractivity contribution in [3.8, 4) is 0 Å². The molecule has 0 amide bonds. The Morgan fingerprint density at radius 2 is 1.62 bits per heavy atom. The van der Waals surface area contributed by atoms with Crippen LogP contribution in [-0.4, -0.2) is 25.0 Å². The van der Waals surface area contributed by atoms with E-state index in [0.717, 1.165) is 4.72 Å². The highest BCUT2D eigenvalue weighted by Crippen LogP contribution is 2.33. The number of halogens is 6. The molecule has 0 radical (unpaired) electrons. The van der Waals surface area contributed by atoms with Gasteiger partial charge in [-0.2, -0.15) is 34.8 Å². The van der Waals surface area contributed by atoms with Crippen LogP contribution in [0.3, 0.4) is 0 Å². The number of carbonyl (C=O) groups is 1. The molecule has 1 rings (SSSR count). The van der Waals surface area contributed by atoms with Crippen LogP contribution in [0.1, 0.15) is 15.9 Å². The van der Waals surface area contributed by atoms with Crippen molar-refractivity contribution in [2.45, 2.75) is 11.7 Å². The summed E-state index contributed by atoms with van der Waals surface area (Å²) in [7, 11) is -5.95. The Kier molecular flexibility index (Phi) is 4.14. The van der Waals surface area contributed by atoms with E-state index in [-0.39, 0.29) is 18.2 Å². The number of anilines is 1. The quantitative estimate of drug-likeness (QED) is 0.831. The third-order valence-corrected chi connectivity index (χ3v) is 3.22. The molecule has 0 aromatic heterocycles. The standard InChI is InChI=1S/C9H5F6NO4S/c10-8(11,12)4-1-2-6(5(3-4)7(17)18)16-21(19,20)9(13,14)15/h1-3,16H,(H,17,18). The van der Waals surface area contributed by atoms with Gasteiger partial charge < -0.3 is 5.11 Å². The number of nitrogens with one attached hydrogen (secondary N) is 1. The van der Waals surface area contributed by atoms with E-state index < -0.39 is 44.5 Å². The summed E-state index contributed by atoms with van der Waals surface area (Å²) in [6.07, 6.45) is -4.94. The van der Waals surface area contributed by atoms with E-state index in [4.69, 9.17) is 5.11 Å². The Morgan fingerprint density at radius 1 is 1.10 bits per heavy atom. The van der Waals surface area contributed by atoms with Gasteiger partial charge in [0.2, 0.25) is 0 Å². The third kappa shape index (κ3) is 3.77. The predicted molar refractivity (Wildman–Crippen MR) is 57.0 cm³/mol. The van der Waals surface area contributed by atoms with E-state index in [2.05, 4.69) is 0 Å². The van der Waals surface area contributed by atoms with Crippen molar-refractivity contribution in [1.82, 2.24) is 0 Å². The van der Waals surface area contributed by atoms with Crippen LogP contribution < -0.4 is 4.72 Å². The molecule has 5 nitrogen and oxygen atoms in total. The summed E-state index contributed by atoms with van der Waals surface area (Å²) in [6.45, 7) is 0. The molecule has 0 aliphatic carbocycles. The van der Waals surface area contributed by atoms with Gasteiger partial charge in [-0.25, -0.2) is 4.79 Å². The van der Waals surface area contributed by atoms with Crippen molar-refractivity contribution in [1.29, 1.82) is 0 Å². The molecule has 1 aromatic rings. The summed E-state index contributed by atoms with van der Waals surface area (Å²) >= 11 is 0. The third-order valence-electron chi connectivity index (χ3n) is 2.13. The maximum atomic E-state index is 12.4. The number of hydrogen-bond acceptors (Lipinski definition) is 3. The fraction of sp³-hybridized carbons (Fsp3) is 0.222. The number of aromatic carboxylic acids is 1. The molecule has 0 atom stereocenters. The summed E-state index contributed by atoms with van der Waals surface area (Å²) < 4.78 is 96.1. The van der Waals surface area contributed by atoms with Crippen molar-refractivity contribution in [3.63, 3.8) is 0 Å². The van der Waals surface area contributed by atoms with Gasteiger partial charge in [-0.15, -0.1) is 0 Å². The lowest BCUT2D eigenvalue weighted by Gasteiger charge is -2.14. The Morgan fingerprint density at radius 3 is 2.00 bits per heavy atom. The van der Waals surface area contributed by atoms with Gasteiger partial charge in [0.15, 0.2) is 0 Å². The Balaban J connectivity index is 3.36. The molecule has 12 heteroatoms. The van der Waals surface area contributed by atoms with Crippen molar-refractivity contribution in [2.24, 2.45) is 0 Å². The first-order valence-corrected chi connectivity index (χ1v) is 6.27. The molecule has 0 saturated carbocycles. The Bertz CT molecular complexity index is 664. The van der Waals surface area contributed by atoms with E-state index in [0.29, 0.717) is 0 Å². The molecule has 2 N–H and O–H groups in total. The molecule has 0 bridgehead atoms. The molecular formula is C9H5F6NO4S. The van der Waals surface area contributed by atoms with Gasteiger partial charge in [0.05, 0.1) is 16.8 Å². The van der Waals surface area contributed by atoms with Gasteiger partial charge in [0, 0.05) is 0 Å². The van der Waals surface area contributed by atoms with Crippen LogP contribution >= 0.6 is 0 Å². The van der Waals surface area contributed by atoms with Gasteiger partial charge in [0.25, 0.3) is 0 Å². The second-order valence-electron chi connectivity index (χ2n) is 3.61. The number of sulfonamides is 1. The highest BCUT2D eigenvalue weighted by Gasteiger charge is 2.46. The van der Waals surface area contributed by atoms with E-state index >= 15 is 0 Å². The van der Waals surface area contributed by atoms with Gasteiger partial charge in [0.1, 0.15) is 0 Å². The van der Waals surface area contributed by atoms with Crippen molar-refractivity contribution in [3.05, 3.63) is 29.3 Å². The minimum absolute atomic E-state index is 0.0244. The lowest BCUT2D eigenvalue weighted by molar-refractivity contribution is -0.137. The first-order valence-electron chi connectivity index (χ1n) is 4.79. The zero-order chi connectivity index (χ0) is 16.6. The molecular weight excluding hydrogens is 332 g/mol. The molecule has 0 unspecified atom stereocenters. The van der Waals surface area contributed by atoms with E-state index in [9.17, 15) is 39.6 Å². The minimum atomic E-state index is -5.95. The summed E-state index contributed by atoms with van der Waals surface area (Å²) in [6, 6.07) is 0.562. The summed E-state index contributed by atoms with van der Waals surface area (Å²) in [4.78, 5) is 10.8. The lowest BCUT2D eigenvalue weighted by atomic mass is 10.1. The maximum Gasteiger partial charge on any atom is 0.516 e. The van der Waals surface area contributed by atoms with Crippen molar-refractivity contribution < 1.29 is 44.7 Å². The molecule has 118 valence electrons. The monoisotopic (exact) mass is 337 g/mol. The smallest absolute Gasteiger partial charge is 0.478 e. The number of carboxylic acid groups (broad SMARTS) is 1. The SMILES string of the molecule is O=C(O)c1cc(C(F)(F)F)ccc1NS(=O)(=O)C(F)(F)F. The molecule has 1 aromatic carbocycles. The normalized spacial score (nSPS) is 13.0. The van der Waals surface area contributed by atoms with E-state index in [1.807, 2.05) is 0 Å². The highest BCUT2D eigenvalue weighted by molar-refractivity contribution is 7.93. The fourth-order valence-corrected chi connectivity index (χ4v) is 1.77. The first-order chi connectivity index (χ1) is 9.25. The molecule has 0 aliphatic rings. The molecule has 0 fully saturated rings. The predicted octanol–water partition coefficient (Wildman–Crippen LogP) is 2.67. The topological polar surface area (TPSA) is 83.5 Å². The molecule has 0 aliphatic heterocycles. The highest BCUT2D eigenvalue weighted by atomic mass is 32.2. The number of rotatable bonds is 3. The van der Waals surface area contributed by atoms with E-state index in [1.54, 1.807) is 0 Å². The summed E-state index contributed by atoms with van der Waals surface area (Å²) in [5.74, 6) is -2.03. The second-order valence-corrected chi connectivity index (χ2v) is 5.29. The average molecular weight is 337 g/mol. The second kappa shape index (κ2) is 5.09. The summed E-state index contributed by atoms with van der Waals surface area (Å²) in [5.41, 5.74) is -9.59. The lowest BCUT2D eigenvalue weighted by Crippen LogP contribution is -2.30. The van der Waals surface area contributed by atoms with Crippen LogP contribution in [0.25, 0.3) is 0 Å². The molecule has 0 saturated heterocycles. The first kappa shape index (κ1) is 17.1. The van der Waals surface area contributed by atoms with Crippen LogP contribution in [0.5, 0.6) is 0 Å². The minimum Gasteiger partial charge on any atom is -0.478 e. The number of alkyl halides is 6. The van der Waals surface area contributed by atoms with Crippen LogP contribution in [0.4, 0.5) is 32.0 Å². The van der Waals surface area contributed by atoms with Gasteiger partial charge in [-0.05, 0) is 18.2 Å². The zero-order valence-corrected chi connectivity index (χ0v) is 10.4. The summed E-state index contributed by atoms with van der Waals surface area (Å²) in [5, 5.41) is 8.67. The fourth-order valence-electron chi connectivity index (χ4n) is 1.19. The van der Waals surface area contributed by atoms with Gasteiger partial charge in [-0.3, -0.25) is 4.72 Å². The number of benzene rings is 1. The molecule has 0 heterocycles. The van der Waals surface area contributed by atoms with Crippen LogP contribution in [0.2, 0.25) is 0 Å². The molecule has 0 spiro atoms. The Labute approximate surface area is 113 Å². The number of hydrogen-bond donors (Lipinski definition) is 2. The Hall–Kier alpha value is -1.98. The number of carboxylic acids is 1.